The first-order chi connectivity index (χ1) is 49.5. The number of azide groups is 1. The van der Waals surface area contributed by atoms with Crippen LogP contribution in [0.3, 0.4) is 0 Å². The lowest BCUT2D eigenvalue weighted by Crippen LogP contribution is -2.03. The molecule has 1 N–H and O–H groups in total. The number of alkyl halides is 1. The number of aldehydes is 2. The Morgan fingerprint density at radius 3 is 1.23 bits per heavy atom. The predicted octanol–water partition coefficient (Wildman–Crippen LogP) is 21.0. The van der Waals surface area contributed by atoms with Gasteiger partial charge in [-0.05, 0) is 162 Å². The summed E-state index contributed by atoms with van der Waals surface area (Å²) in [4.78, 5) is 72.5. The van der Waals surface area contributed by atoms with Crippen molar-refractivity contribution < 1.29 is 33.8 Å². The maximum atomic E-state index is 11.7. The molecule has 0 amide bonds. The van der Waals surface area contributed by atoms with Gasteiger partial charge in [0, 0.05) is 138 Å². The van der Waals surface area contributed by atoms with Crippen molar-refractivity contribution in [3.63, 3.8) is 0 Å². The van der Waals surface area contributed by atoms with Crippen molar-refractivity contribution >= 4 is 152 Å². The van der Waals surface area contributed by atoms with E-state index in [1.165, 1.54) is 48.8 Å². The van der Waals surface area contributed by atoms with Gasteiger partial charge in [0.1, 0.15) is 10.9 Å². The molecule has 0 unspecified atom stereocenters. The molecule has 0 radical (unpaired) electrons. The smallest absolute Gasteiger partial charge is 0.340 e. The highest BCUT2D eigenvalue weighted by atomic mass is 79.9. The minimum Gasteiger partial charge on any atom is -0.466 e. The first-order valence-corrected chi connectivity index (χ1v) is 35.8. The van der Waals surface area contributed by atoms with Crippen LogP contribution in [0.15, 0.2) is 263 Å². The summed E-state index contributed by atoms with van der Waals surface area (Å²) in [5.41, 5.74) is 29.6. The van der Waals surface area contributed by atoms with E-state index in [1.54, 1.807) is 55.0 Å². The molecule has 0 fully saturated rings. The van der Waals surface area contributed by atoms with Gasteiger partial charge in [0.25, 0.3) is 0 Å². The third-order valence-corrected chi connectivity index (χ3v) is 18.7. The third kappa shape index (κ3) is 20.8. The number of benzene rings is 5. The fraction of sp³-hybridized carbons (Fsp3) is 0.0886. The average molecular weight is 1720 g/mol. The molecule has 23 heteroatoms. The van der Waals surface area contributed by atoms with E-state index in [-0.39, 0.29) is 23.4 Å². The third-order valence-electron chi connectivity index (χ3n) is 15.4. The molecule has 510 valence electrons. The second-order valence-corrected chi connectivity index (χ2v) is 27.2. The van der Waals surface area contributed by atoms with E-state index in [0.717, 1.165) is 114 Å². The van der Waals surface area contributed by atoms with Gasteiger partial charge in [0.2, 0.25) is 0 Å². The van der Waals surface area contributed by atoms with E-state index < -0.39 is 5.97 Å². The number of methoxy groups -OCH3 is 2. The number of carbonyl (C=O) groups is 4. The Balaban J connectivity index is 0.000000144. The lowest BCUT2D eigenvalue weighted by Gasteiger charge is -2.06. The van der Waals surface area contributed by atoms with Gasteiger partial charge >= 0.3 is 11.9 Å². The summed E-state index contributed by atoms with van der Waals surface area (Å²) in [6.45, 7) is 0.120. The Morgan fingerprint density at radius 2 is 0.843 bits per heavy atom. The summed E-state index contributed by atoms with van der Waals surface area (Å²) in [7, 11) is 2.63. The van der Waals surface area contributed by atoms with Crippen LogP contribution in [-0.4, -0.2) is 86.2 Å². The van der Waals surface area contributed by atoms with Gasteiger partial charge < -0.3 is 14.6 Å². The molecule has 3 aliphatic rings. The maximum absolute atomic E-state index is 11.7. The minimum atomic E-state index is -0.705. The van der Waals surface area contributed by atoms with Gasteiger partial charge in [-0.1, -0.05) is 181 Å². The number of halogens is 7. The molecule has 0 saturated heterocycles. The molecular weight excluding hydrogens is 1660 g/mol. The van der Waals surface area contributed by atoms with Crippen LogP contribution in [0.4, 0.5) is 0 Å². The van der Waals surface area contributed by atoms with Crippen LogP contribution in [-0.2, 0) is 38.3 Å². The summed E-state index contributed by atoms with van der Waals surface area (Å²) in [6.07, 6.45) is 21.8. The van der Waals surface area contributed by atoms with E-state index in [1.807, 2.05) is 128 Å². The van der Waals surface area contributed by atoms with Crippen molar-refractivity contribution in [1.29, 1.82) is 0 Å². The van der Waals surface area contributed by atoms with Crippen molar-refractivity contribution in [1.82, 2.24) is 29.9 Å². The van der Waals surface area contributed by atoms with E-state index in [4.69, 9.17) is 33.5 Å². The van der Waals surface area contributed by atoms with Crippen molar-refractivity contribution in [2.75, 3.05) is 26.7 Å². The lowest BCUT2D eigenvalue weighted by molar-refractivity contribution is -0.136. The first kappa shape index (κ1) is 76.7. The Kier molecular flexibility index (Phi) is 28.9. The average Bonchev–Trinajstić information content (AvgIpc) is 1.65. The molecule has 14 rings (SSSR count). The predicted molar refractivity (Wildman–Crippen MR) is 421 cm³/mol. The fourth-order valence-corrected chi connectivity index (χ4v) is 12.2. The quantitative estimate of drug-likeness (QED) is 0.0166. The second-order valence-electron chi connectivity index (χ2n) is 22.0. The largest absolute Gasteiger partial charge is 0.466 e. The molecule has 16 nitrogen and oxygen atoms in total. The van der Waals surface area contributed by atoms with Crippen LogP contribution in [0.5, 0.6) is 0 Å². The number of allylic oxidation sites excluding steroid dienone is 1. The van der Waals surface area contributed by atoms with Crippen LogP contribution in [0.2, 0.25) is 5.15 Å². The molecule has 0 spiro atoms. The van der Waals surface area contributed by atoms with E-state index in [9.17, 15) is 24.3 Å². The number of aliphatic hydroxyl groups excluding tert-OH is 1. The van der Waals surface area contributed by atoms with Gasteiger partial charge in [-0.2, -0.15) is 0 Å². The topological polar surface area (TPSA) is 233 Å². The summed E-state index contributed by atoms with van der Waals surface area (Å²) >= 11 is 28.5. The molecule has 11 aromatic rings. The SMILES string of the molecule is COC(=O)/C(=C/c1cccnc1-c1ccc(Br)cc1)N=[N+]=[N-].COC(=O)C1=Cc2c(ccnc2-c2ccc(Br)cc2)C1.ClCC1=Cc2c(ccnc2-c2ccc(Br)cc2)C1.O=Cc1cccnc1-c1ccc(Br)cc1.O=Cc1cccnc1Cl.OCC1=Cc2c(ccnc2-c2ccc(Br)cc2)C1. The highest BCUT2D eigenvalue weighted by Crippen LogP contribution is 2.37. The van der Waals surface area contributed by atoms with Crippen LogP contribution >= 0.6 is 103 Å². The normalized spacial score (nSPS) is 11.8. The second kappa shape index (κ2) is 38.5. The molecule has 6 aromatic heterocycles. The summed E-state index contributed by atoms with van der Waals surface area (Å²) in [5.74, 6) is -0.388. The Bertz CT molecular complexity index is 4890. The number of carbonyl (C=O) groups excluding carboxylic acids is 4. The highest BCUT2D eigenvalue weighted by Gasteiger charge is 2.23. The lowest BCUT2D eigenvalue weighted by atomic mass is 10.0. The number of aromatic nitrogens is 6. The Hall–Kier alpha value is -9.51. The molecular formula is C79H58Br5Cl2N9O7. The number of hydrogen-bond donors (Lipinski definition) is 1. The van der Waals surface area contributed by atoms with E-state index in [0.29, 0.717) is 46.5 Å². The molecule has 0 atom stereocenters. The maximum Gasteiger partial charge on any atom is 0.340 e. The first-order valence-electron chi connectivity index (χ1n) is 30.9. The van der Waals surface area contributed by atoms with Crippen LogP contribution < -0.4 is 0 Å². The summed E-state index contributed by atoms with van der Waals surface area (Å²) < 4.78 is 14.5. The molecule has 0 saturated carbocycles. The van der Waals surface area contributed by atoms with Gasteiger partial charge in [-0.3, -0.25) is 34.5 Å². The number of fused-ring (bicyclic) bond motifs is 3. The zero-order chi connectivity index (χ0) is 72.5. The van der Waals surface area contributed by atoms with Crippen molar-refractivity contribution in [2.45, 2.75) is 19.3 Å². The summed E-state index contributed by atoms with van der Waals surface area (Å²) in [6, 6.07) is 56.0. The number of esters is 2. The number of nitrogens with zero attached hydrogens (tertiary/aromatic N) is 9. The molecule has 3 aliphatic carbocycles. The Labute approximate surface area is 640 Å². The van der Waals surface area contributed by atoms with Crippen LogP contribution in [0, 0.1) is 0 Å². The van der Waals surface area contributed by atoms with Crippen LogP contribution in [0.1, 0.15) is 59.7 Å². The minimum absolute atomic E-state index is 0.120. The zero-order valence-electron chi connectivity index (χ0n) is 54.3. The molecule has 6 heterocycles. The molecule has 102 heavy (non-hydrogen) atoms. The van der Waals surface area contributed by atoms with Gasteiger partial charge in [0.05, 0.1) is 54.9 Å². The molecule has 0 aliphatic heterocycles. The molecule has 0 bridgehead atoms. The van der Waals surface area contributed by atoms with Gasteiger partial charge in [-0.15, -0.1) is 11.6 Å². The standard InChI is InChI=1S/C16H12BrNO2.C15H11BrClN.C15H11BrN4O2.C15H12BrNO.C12H8BrNO.C6H4ClNO/c1-20-16(19)12-8-11-6-7-18-15(14(11)9-12)10-2-4-13(17)5-3-10;16-13-3-1-11(2-4-13)15-14-8-10(9-17)7-12(14)5-6-18-15;1-22-15(21)13(19-20-17)9-11-3-2-8-18-14(11)10-4-6-12(16)7-5-10;16-13-3-1-11(2-4-13)15-14-8-10(9-18)7-12(14)5-6-17-15;13-11-5-3-9(4-6-11)12-10(8-15)2-1-7-14-12;7-6-5(4-9)2-1-3-8-6/h2-7,9H,8H2,1H3;1-6,8H,7,9H2;2-9H,1H3;1-6,8,18H,7,9H2;1-8H;1-4H/b;;13-9-;;;. The summed E-state index contributed by atoms with van der Waals surface area (Å²) in [5, 5.41) is 12.9. The highest BCUT2D eigenvalue weighted by molar-refractivity contribution is 9.11. The molecule has 5 aromatic carbocycles. The number of aliphatic hydroxyl groups is 1. The van der Waals surface area contributed by atoms with E-state index >= 15 is 0 Å². The number of pyridine rings is 6. The van der Waals surface area contributed by atoms with Crippen LogP contribution in [0.25, 0.3) is 91.0 Å². The van der Waals surface area contributed by atoms with Crippen molar-refractivity contribution in [2.24, 2.45) is 5.11 Å². The van der Waals surface area contributed by atoms with Crippen molar-refractivity contribution in [3.05, 3.63) is 324 Å². The monoisotopic (exact) mass is 1710 g/mol. The number of hydrogen-bond acceptors (Lipinski definition) is 14. The number of rotatable bonds is 13. The van der Waals surface area contributed by atoms with E-state index in [2.05, 4.69) is 167 Å². The fourth-order valence-electron chi connectivity index (χ4n) is 10.5. The van der Waals surface area contributed by atoms with Gasteiger partial charge in [0.15, 0.2) is 12.6 Å². The van der Waals surface area contributed by atoms with Crippen molar-refractivity contribution in [3.8, 4) is 56.3 Å². The van der Waals surface area contributed by atoms with Gasteiger partial charge in [-0.25, -0.2) is 14.6 Å². The zero-order valence-corrected chi connectivity index (χ0v) is 63.7. The number of ether oxygens (including phenoxy) is 2. The Morgan fingerprint density at radius 1 is 0.480 bits per heavy atom.